The normalized spacial score (nSPS) is 14.2. The van der Waals surface area contributed by atoms with Crippen molar-refractivity contribution in [2.75, 3.05) is 13.2 Å². The number of aryl methyl sites for hydroxylation is 1. The minimum atomic E-state index is 0.335. The largest absolute Gasteiger partial charge is 0.493 e. The van der Waals surface area contributed by atoms with E-state index >= 15 is 0 Å². The summed E-state index contributed by atoms with van der Waals surface area (Å²) in [5.41, 5.74) is 2.55. The van der Waals surface area contributed by atoms with Crippen molar-refractivity contribution in [1.82, 2.24) is 5.32 Å². The molecule has 2 atom stereocenters. The molecular formula is C17H29NO. The Morgan fingerprint density at radius 1 is 1.21 bits per heavy atom. The smallest absolute Gasteiger partial charge is 0.124 e. The van der Waals surface area contributed by atoms with Crippen LogP contribution < -0.4 is 10.1 Å². The first-order chi connectivity index (χ1) is 9.08. The van der Waals surface area contributed by atoms with Gasteiger partial charge in [0.2, 0.25) is 0 Å². The van der Waals surface area contributed by atoms with Crippen molar-refractivity contribution in [3.63, 3.8) is 0 Å². The van der Waals surface area contributed by atoms with Gasteiger partial charge in [0.05, 0.1) is 6.61 Å². The number of ether oxygens (including phenoxy) is 1. The Bertz CT molecular complexity index is 376. The van der Waals surface area contributed by atoms with Crippen molar-refractivity contribution in [2.24, 2.45) is 5.92 Å². The van der Waals surface area contributed by atoms with Crippen LogP contribution >= 0.6 is 0 Å². The van der Waals surface area contributed by atoms with Gasteiger partial charge in [-0.05, 0) is 38.8 Å². The van der Waals surface area contributed by atoms with Crippen LogP contribution in [0.3, 0.4) is 0 Å². The predicted molar refractivity (Wildman–Crippen MR) is 82.8 cm³/mol. The molecule has 0 spiro atoms. The van der Waals surface area contributed by atoms with Crippen LogP contribution in [0.4, 0.5) is 0 Å². The zero-order chi connectivity index (χ0) is 14.3. The van der Waals surface area contributed by atoms with Gasteiger partial charge in [-0.1, -0.05) is 44.9 Å². The highest BCUT2D eigenvalue weighted by molar-refractivity contribution is 5.39. The highest BCUT2D eigenvalue weighted by atomic mass is 16.5. The summed E-state index contributed by atoms with van der Waals surface area (Å²) in [5, 5.41) is 3.46. The van der Waals surface area contributed by atoms with Gasteiger partial charge in [0.15, 0.2) is 0 Å². The summed E-state index contributed by atoms with van der Waals surface area (Å²) in [4.78, 5) is 0. The molecule has 0 saturated heterocycles. The van der Waals surface area contributed by atoms with Crippen LogP contribution in [0.25, 0.3) is 0 Å². The highest BCUT2D eigenvalue weighted by Gasteiger charge is 2.12. The SMILES string of the molecule is CCCC(C)COc1ccc(C)cc1C(C)NCC. The van der Waals surface area contributed by atoms with Crippen molar-refractivity contribution < 1.29 is 4.74 Å². The Morgan fingerprint density at radius 3 is 2.58 bits per heavy atom. The highest BCUT2D eigenvalue weighted by Crippen LogP contribution is 2.27. The zero-order valence-corrected chi connectivity index (χ0v) is 13.1. The summed E-state index contributed by atoms with van der Waals surface area (Å²) in [6, 6.07) is 6.80. The van der Waals surface area contributed by atoms with Gasteiger partial charge in [0.1, 0.15) is 5.75 Å². The Balaban J connectivity index is 2.76. The average Bonchev–Trinajstić information content (AvgIpc) is 2.38. The first kappa shape index (κ1) is 16.0. The lowest BCUT2D eigenvalue weighted by molar-refractivity contribution is 0.247. The van der Waals surface area contributed by atoms with Gasteiger partial charge < -0.3 is 10.1 Å². The molecule has 0 aliphatic rings. The number of hydrogen-bond acceptors (Lipinski definition) is 2. The molecule has 0 fully saturated rings. The fraction of sp³-hybridized carbons (Fsp3) is 0.647. The summed E-state index contributed by atoms with van der Waals surface area (Å²) in [6.45, 7) is 12.7. The lowest BCUT2D eigenvalue weighted by Gasteiger charge is -2.20. The van der Waals surface area contributed by atoms with E-state index in [9.17, 15) is 0 Å². The van der Waals surface area contributed by atoms with Crippen molar-refractivity contribution in [1.29, 1.82) is 0 Å². The van der Waals surface area contributed by atoms with Gasteiger partial charge in [-0.3, -0.25) is 0 Å². The summed E-state index contributed by atoms with van der Waals surface area (Å²) < 4.78 is 6.03. The molecule has 108 valence electrons. The van der Waals surface area contributed by atoms with E-state index in [1.807, 2.05) is 0 Å². The monoisotopic (exact) mass is 263 g/mol. The maximum Gasteiger partial charge on any atom is 0.124 e. The molecule has 0 radical (unpaired) electrons. The number of nitrogens with one attached hydrogen (secondary N) is 1. The van der Waals surface area contributed by atoms with E-state index in [0.717, 1.165) is 18.9 Å². The van der Waals surface area contributed by atoms with Crippen LogP contribution in [0.5, 0.6) is 5.75 Å². The molecule has 0 aromatic heterocycles. The first-order valence-corrected chi connectivity index (χ1v) is 7.55. The van der Waals surface area contributed by atoms with E-state index in [2.05, 4.69) is 58.1 Å². The molecule has 0 aliphatic heterocycles. The Kier molecular flexibility index (Phi) is 6.93. The zero-order valence-electron chi connectivity index (χ0n) is 13.1. The Labute approximate surface area is 118 Å². The molecule has 0 heterocycles. The Morgan fingerprint density at radius 2 is 1.95 bits per heavy atom. The van der Waals surface area contributed by atoms with E-state index in [4.69, 9.17) is 4.74 Å². The molecule has 0 saturated carbocycles. The molecule has 0 aliphatic carbocycles. The standard InChI is InChI=1S/C17H29NO/c1-6-8-14(4)12-19-17-10-9-13(3)11-16(17)15(5)18-7-2/h9-11,14-15,18H,6-8,12H2,1-5H3. The molecule has 2 nitrogen and oxygen atoms in total. The second-order valence-corrected chi connectivity index (χ2v) is 5.53. The fourth-order valence-corrected chi connectivity index (χ4v) is 2.36. The second-order valence-electron chi connectivity index (χ2n) is 5.53. The van der Waals surface area contributed by atoms with Crippen LogP contribution in [0.1, 0.15) is 57.7 Å². The minimum Gasteiger partial charge on any atom is -0.493 e. The Hall–Kier alpha value is -1.02. The van der Waals surface area contributed by atoms with Gasteiger partial charge in [-0.25, -0.2) is 0 Å². The van der Waals surface area contributed by atoms with Crippen LogP contribution in [0.15, 0.2) is 18.2 Å². The van der Waals surface area contributed by atoms with E-state index in [1.54, 1.807) is 0 Å². The van der Waals surface area contributed by atoms with Crippen LogP contribution in [0.2, 0.25) is 0 Å². The second kappa shape index (κ2) is 8.21. The third-order valence-electron chi connectivity index (χ3n) is 3.45. The molecule has 2 unspecified atom stereocenters. The van der Waals surface area contributed by atoms with Crippen LogP contribution in [0, 0.1) is 12.8 Å². The minimum absolute atomic E-state index is 0.335. The number of rotatable bonds is 8. The maximum atomic E-state index is 6.03. The summed E-state index contributed by atoms with van der Waals surface area (Å²) in [5.74, 6) is 1.65. The van der Waals surface area contributed by atoms with Crippen molar-refractivity contribution in [3.05, 3.63) is 29.3 Å². The topological polar surface area (TPSA) is 21.3 Å². The average molecular weight is 263 g/mol. The molecular weight excluding hydrogens is 234 g/mol. The number of benzene rings is 1. The van der Waals surface area contributed by atoms with Crippen molar-refractivity contribution >= 4 is 0 Å². The molecule has 1 N–H and O–H groups in total. The lowest BCUT2D eigenvalue weighted by Crippen LogP contribution is -2.19. The molecule has 1 rings (SSSR count). The fourth-order valence-electron chi connectivity index (χ4n) is 2.36. The van der Waals surface area contributed by atoms with Crippen molar-refractivity contribution in [2.45, 2.75) is 53.5 Å². The number of hydrogen-bond donors (Lipinski definition) is 1. The molecule has 1 aromatic rings. The predicted octanol–water partition coefficient (Wildman–Crippen LogP) is 4.48. The van der Waals surface area contributed by atoms with Gasteiger partial charge in [0, 0.05) is 11.6 Å². The van der Waals surface area contributed by atoms with E-state index < -0.39 is 0 Å². The third kappa shape index (κ3) is 5.23. The van der Waals surface area contributed by atoms with Crippen molar-refractivity contribution in [3.8, 4) is 5.75 Å². The summed E-state index contributed by atoms with van der Waals surface area (Å²) >= 11 is 0. The summed E-state index contributed by atoms with van der Waals surface area (Å²) in [7, 11) is 0. The van der Waals surface area contributed by atoms with Gasteiger partial charge in [-0.2, -0.15) is 0 Å². The molecule has 2 heteroatoms. The van der Waals surface area contributed by atoms with Gasteiger partial charge in [0.25, 0.3) is 0 Å². The molecule has 0 bridgehead atoms. The third-order valence-corrected chi connectivity index (χ3v) is 3.45. The van der Waals surface area contributed by atoms with E-state index in [-0.39, 0.29) is 0 Å². The van der Waals surface area contributed by atoms with Crippen LogP contribution in [-0.4, -0.2) is 13.2 Å². The molecule has 0 amide bonds. The lowest BCUT2D eigenvalue weighted by atomic mass is 10.0. The quantitative estimate of drug-likeness (QED) is 0.746. The summed E-state index contributed by atoms with van der Waals surface area (Å²) in [6.07, 6.45) is 2.45. The first-order valence-electron chi connectivity index (χ1n) is 7.55. The molecule has 1 aromatic carbocycles. The van der Waals surface area contributed by atoms with Crippen LogP contribution in [-0.2, 0) is 0 Å². The maximum absolute atomic E-state index is 6.03. The van der Waals surface area contributed by atoms with Gasteiger partial charge in [-0.15, -0.1) is 0 Å². The van der Waals surface area contributed by atoms with E-state index in [0.29, 0.717) is 12.0 Å². The van der Waals surface area contributed by atoms with E-state index in [1.165, 1.54) is 24.0 Å². The van der Waals surface area contributed by atoms with Gasteiger partial charge >= 0.3 is 0 Å². The molecule has 19 heavy (non-hydrogen) atoms.